The lowest BCUT2D eigenvalue weighted by Gasteiger charge is -2.10. The van der Waals surface area contributed by atoms with Crippen molar-refractivity contribution in [2.45, 2.75) is 20.0 Å². The van der Waals surface area contributed by atoms with Crippen molar-refractivity contribution in [1.82, 2.24) is 0 Å². The SMILES string of the molecule is CCc1ccc(COc2cc(Cl)ccc2C(N)=S)s1. The van der Waals surface area contributed by atoms with Gasteiger partial charge in [0.15, 0.2) is 0 Å². The zero-order chi connectivity index (χ0) is 13.8. The number of hydrogen-bond donors (Lipinski definition) is 1. The van der Waals surface area contributed by atoms with E-state index in [-0.39, 0.29) is 0 Å². The zero-order valence-corrected chi connectivity index (χ0v) is 12.9. The molecule has 0 aliphatic heterocycles. The van der Waals surface area contributed by atoms with Crippen LogP contribution in [0.1, 0.15) is 22.2 Å². The summed E-state index contributed by atoms with van der Waals surface area (Å²) in [5.74, 6) is 0.631. The number of ether oxygens (including phenoxy) is 1. The predicted octanol–water partition coefficient (Wildman–Crippen LogP) is 4.18. The van der Waals surface area contributed by atoms with E-state index in [2.05, 4.69) is 19.1 Å². The maximum Gasteiger partial charge on any atom is 0.131 e. The molecule has 0 saturated heterocycles. The quantitative estimate of drug-likeness (QED) is 0.841. The molecule has 2 N–H and O–H groups in total. The number of benzene rings is 1. The van der Waals surface area contributed by atoms with Gasteiger partial charge in [-0.1, -0.05) is 30.7 Å². The van der Waals surface area contributed by atoms with Gasteiger partial charge in [-0.15, -0.1) is 11.3 Å². The van der Waals surface area contributed by atoms with Gasteiger partial charge in [-0.2, -0.15) is 0 Å². The van der Waals surface area contributed by atoms with E-state index in [4.69, 9.17) is 34.3 Å². The Kier molecular flexibility index (Phi) is 4.80. The molecule has 0 amide bonds. The largest absolute Gasteiger partial charge is 0.487 e. The molecule has 0 unspecified atom stereocenters. The topological polar surface area (TPSA) is 35.2 Å². The van der Waals surface area contributed by atoms with E-state index < -0.39 is 0 Å². The van der Waals surface area contributed by atoms with Gasteiger partial charge in [0.05, 0.1) is 5.56 Å². The van der Waals surface area contributed by atoms with Crippen molar-refractivity contribution >= 4 is 40.1 Å². The molecule has 5 heteroatoms. The standard InChI is InChI=1S/C14H14ClNOS2/c1-2-10-4-5-11(19-10)8-17-13-7-9(15)3-6-12(13)14(16)18/h3-7H,2,8H2,1H3,(H2,16,18). The molecule has 0 aliphatic carbocycles. The molecule has 0 radical (unpaired) electrons. The van der Waals surface area contributed by atoms with Crippen molar-refractivity contribution in [2.75, 3.05) is 0 Å². The summed E-state index contributed by atoms with van der Waals surface area (Å²) in [6, 6.07) is 9.48. The fourth-order valence-corrected chi connectivity index (χ4v) is 2.86. The maximum atomic E-state index is 5.97. The van der Waals surface area contributed by atoms with Gasteiger partial charge in [0.25, 0.3) is 0 Å². The van der Waals surface area contributed by atoms with Crippen LogP contribution in [0.3, 0.4) is 0 Å². The Labute approximate surface area is 127 Å². The molecule has 1 aromatic heterocycles. The molecule has 19 heavy (non-hydrogen) atoms. The van der Waals surface area contributed by atoms with Crippen molar-refractivity contribution < 1.29 is 4.74 Å². The van der Waals surface area contributed by atoms with E-state index in [1.165, 1.54) is 9.75 Å². The summed E-state index contributed by atoms with van der Waals surface area (Å²) < 4.78 is 5.78. The highest BCUT2D eigenvalue weighted by atomic mass is 35.5. The van der Waals surface area contributed by atoms with Gasteiger partial charge in [-0.3, -0.25) is 0 Å². The predicted molar refractivity (Wildman–Crippen MR) is 85.4 cm³/mol. The molecule has 1 aromatic carbocycles. The molecular formula is C14H14ClNOS2. The Morgan fingerprint density at radius 3 is 2.68 bits per heavy atom. The minimum Gasteiger partial charge on any atom is -0.487 e. The van der Waals surface area contributed by atoms with Gasteiger partial charge in [-0.05, 0) is 36.8 Å². The van der Waals surface area contributed by atoms with E-state index in [0.29, 0.717) is 27.9 Å². The molecular weight excluding hydrogens is 298 g/mol. The van der Waals surface area contributed by atoms with Gasteiger partial charge in [-0.25, -0.2) is 0 Å². The van der Waals surface area contributed by atoms with Crippen LogP contribution < -0.4 is 10.5 Å². The van der Waals surface area contributed by atoms with Crippen LogP contribution >= 0.6 is 35.2 Å². The summed E-state index contributed by atoms with van der Waals surface area (Å²) in [7, 11) is 0. The average Bonchev–Trinajstić information content (AvgIpc) is 2.84. The lowest BCUT2D eigenvalue weighted by molar-refractivity contribution is 0.309. The van der Waals surface area contributed by atoms with Crippen LogP contribution in [0.4, 0.5) is 0 Å². The summed E-state index contributed by atoms with van der Waals surface area (Å²) in [6.07, 6.45) is 1.04. The minimum atomic E-state index is 0.312. The Balaban J connectivity index is 2.14. The molecule has 0 fully saturated rings. The molecule has 2 rings (SSSR count). The third-order valence-corrected chi connectivity index (χ3v) is 4.30. The van der Waals surface area contributed by atoms with Crippen molar-refractivity contribution in [3.8, 4) is 5.75 Å². The lowest BCUT2D eigenvalue weighted by atomic mass is 10.2. The van der Waals surface area contributed by atoms with E-state index in [1.54, 1.807) is 29.5 Å². The Bertz CT molecular complexity index is 595. The second kappa shape index (κ2) is 6.37. The summed E-state index contributed by atoms with van der Waals surface area (Å²) in [6.45, 7) is 2.64. The van der Waals surface area contributed by atoms with Gasteiger partial charge < -0.3 is 10.5 Å². The Morgan fingerprint density at radius 2 is 2.05 bits per heavy atom. The summed E-state index contributed by atoms with van der Waals surface area (Å²) >= 11 is 12.7. The highest BCUT2D eigenvalue weighted by molar-refractivity contribution is 7.80. The second-order valence-electron chi connectivity index (χ2n) is 4.01. The van der Waals surface area contributed by atoms with Crippen molar-refractivity contribution in [2.24, 2.45) is 5.73 Å². The number of rotatable bonds is 5. The summed E-state index contributed by atoms with van der Waals surface area (Å²) in [5.41, 5.74) is 6.38. The van der Waals surface area contributed by atoms with Crippen LogP contribution in [0.2, 0.25) is 5.02 Å². The third-order valence-electron chi connectivity index (χ3n) is 2.64. The smallest absolute Gasteiger partial charge is 0.131 e. The number of aryl methyl sites for hydroxylation is 1. The highest BCUT2D eigenvalue weighted by Gasteiger charge is 2.08. The second-order valence-corrected chi connectivity index (χ2v) is 6.14. The zero-order valence-electron chi connectivity index (χ0n) is 10.5. The van der Waals surface area contributed by atoms with E-state index in [9.17, 15) is 0 Å². The first-order valence-electron chi connectivity index (χ1n) is 5.90. The molecule has 2 aromatic rings. The molecule has 2 nitrogen and oxygen atoms in total. The molecule has 1 heterocycles. The monoisotopic (exact) mass is 311 g/mol. The van der Waals surface area contributed by atoms with E-state index >= 15 is 0 Å². The van der Waals surface area contributed by atoms with E-state index in [1.807, 2.05) is 0 Å². The van der Waals surface area contributed by atoms with Crippen LogP contribution in [0, 0.1) is 0 Å². The maximum absolute atomic E-state index is 5.97. The molecule has 0 saturated carbocycles. The minimum absolute atomic E-state index is 0.312. The Hall–Kier alpha value is -1.10. The Morgan fingerprint density at radius 1 is 1.32 bits per heavy atom. The summed E-state index contributed by atoms with van der Waals surface area (Å²) in [5, 5.41) is 0.607. The van der Waals surface area contributed by atoms with Crippen LogP contribution in [-0.2, 0) is 13.0 Å². The van der Waals surface area contributed by atoms with Gasteiger partial charge >= 0.3 is 0 Å². The third kappa shape index (κ3) is 3.69. The van der Waals surface area contributed by atoms with Crippen LogP contribution in [-0.4, -0.2) is 4.99 Å². The molecule has 100 valence electrons. The average molecular weight is 312 g/mol. The van der Waals surface area contributed by atoms with Gasteiger partial charge in [0.2, 0.25) is 0 Å². The van der Waals surface area contributed by atoms with Crippen molar-refractivity contribution in [3.63, 3.8) is 0 Å². The number of nitrogens with two attached hydrogens (primary N) is 1. The first-order chi connectivity index (χ1) is 9.10. The highest BCUT2D eigenvalue weighted by Crippen LogP contribution is 2.25. The molecule has 0 atom stereocenters. The normalized spacial score (nSPS) is 10.4. The first kappa shape index (κ1) is 14.3. The summed E-state index contributed by atoms with van der Waals surface area (Å²) in [4.78, 5) is 2.83. The first-order valence-corrected chi connectivity index (χ1v) is 7.50. The molecule has 0 spiro atoms. The number of thiocarbonyl (C=S) groups is 1. The number of thiophene rings is 1. The lowest BCUT2D eigenvalue weighted by Crippen LogP contribution is -2.11. The van der Waals surface area contributed by atoms with Crippen LogP contribution in [0.15, 0.2) is 30.3 Å². The number of halogens is 1. The fourth-order valence-electron chi connectivity index (χ4n) is 1.66. The van der Waals surface area contributed by atoms with Crippen molar-refractivity contribution in [1.29, 1.82) is 0 Å². The van der Waals surface area contributed by atoms with Gasteiger partial charge in [0, 0.05) is 14.8 Å². The van der Waals surface area contributed by atoms with Gasteiger partial charge in [0.1, 0.15) is 17.3 Å². The van der Waals surface area contributed by atoms with E-state index in [0.717, 1.165) is 6.42 Å². The fraction of sp³-hybridized carbons (Fsp3) is 0.214. The van der Waals surface area contributed by atoms with Crippen LogP contribution in [0.5, 0.6) is 5.75 Å². The van der Waals surface area contributed by atoms with Crippen molar-refractivity contribution in [3.05, 3.63) is 50.7 Å². The van der Waals surface area contributed by atoms with Crippen LogP contribution in [0.25, 0.3) is 0 Å². The molecule has 0 bridgehead atoms. The number of hydrogen-bond acceptors (Lipinski definition) is 3. The molecule has 0 aliphatic rings.